The molecule has 0 radical (unpaired) electrons. The zero-order chi connectivity index (χ0) is 9.15. The molecule has 0 aromatic rings. The largest absolute Gasteiger partial charge is 0.372 e. The number of hydrogen-bond acceptors (Lipinski definition) is 3. The van der Waals surface area contributed by atoms with Gasteiger partial charge in [0.25, 0.3) is 0 Å². The second-order valence-corrected chi connectivity index (χ2v) is 3.61. The van der Waals surface area contributed by atoms with E-state index in [1.165, 1.54) is 0 Å². The highest BCUT2D eigenvalue weighted by atomic mass is 16.3. The molecule has 1 unspecified atom stereocenters. The summed E-state index contributed by atoms with van der Waals surface area (Å²) in [5, 5.41) is 13.5. The van der Waals surface area contributed by atoms with Crippen LogP contribution < -0.4 is 5.32 Å². The predicted molar refractivity (Wildman–Crippen MR) is 52.3 cm³/mol. The monoisotopic (exact) mass is 180 g/mol. The first-order chi connectivity index (χ1) is 6.31. The third-order valence-electron chi connectivity index (χ3n) is 2.69. The van der Waals surface area contributed by atoms with Crippen LogP contribution in [0, 0.1) is 0 Å². The molecule has 72 valence electrons. The molecular weight excluding hydrogens is 164 g/mol. The zero-order valence-electron chi connectivity index (χ0n) is 7.74. The summed E-state index contributed by atoms with van der Waals surface area (Å²) in [5.74, 6) is 0. The van der Waals surface area contributed by atoms with Gasteiger partial charge in [-0.25, -0.2) is 0 Å². The molecule has 2 aliphatic rings. The quantitative estimate of drug-likeness (QED) is 0.600. The van der Waals surface area contributed by atoms with Crippen molar-refractivity contribution in [3.05, 3.63) is 24.3 Å². The summed E-state index contributed by atoms with van der Waals surface area (Å²) >= 11 is 0. The Labute approximate surface area is 78.7 Å². The van der Waals surface area contributed by atoms with Crippen LogP contribution in [-0.2, 0) is 0 Å². The fraction of sp³-hybridized carbons (Fsp3) is 0.600. The highest BCUT2D eigenvalue weighted by Crippen LogP contribution is 2.22. The van der Waals surface area contributed by atoms with Crippen LogP contribution in [0.25, 0.3) is 0 Å². The molecule has 0 amide bonds. The summed E-state index contributed by atoms with van der Waals surface area (Å²) in [4.78, 5) is 2.13. The molecule has 1 saturated heterocycles. The summed E-state index contributed by atoms with van der Waals surface area (Å²) in [7, 11) is 0. The lowest BCUT2D eigenvalue weighted by Gasteiger charge is -2.40. The normalized spacial score (nSPS) is 35.2. The van der Waals surface area contributed by atoms with Crippen molar-refractivity contribution in [2.75, 3.05) is 26.2 Å². The van der Waals surface area contributed by atoms with Crippen LogP contribution in [0.5, 0.6) is 0 Å². The van der Waals surface area contributed by atoms with E-state index in [9.17, 15) is 5.11 Å². The number of nitrogens with one attached hydrogen (secondary N) is 1. The second-order valence-electron chi connectivity index (χ2n) is 3.61. The Hall–Kier alpha value is -0.640. The Morgan fingerprint density at radius 2 is 2.00 bits per heavy atom. The Kier molecular flexibility index (Phi) is 2.49. The van der Waals surface area contributed by atoms with E-state index in [2.05, 4.69) is 10.2 Å². The summed E-state index contributed by atoms with van der Waals surface area (Å²) in [6, 6.07) is 0. The van der Waals surface area contributed by atoms with Crippen molar-refractivity contribution in [3.63, 3.8) is 0 Å². The van der Waals surface area contributed by atoms with Gasteiger partial charge in [0.05, 0.1) is 0 Å². The lowest BCUT2D eigenvalue weighted by molar-refractivity contribution is -0.0715. The number of allylic oxidation sites excluding steroid dienone is 2. The fourth-order valence-electron chi connectivity index (χ4n) is 1.88. The average Bonchev–Trinajstić information content (AvgIpc) is 2.20. The van der Waals surface area contributed by atoms with E-state index in [1.54, 1.807) is 0 Å². The van der Waals surface area contributed by atoms with Gasteiger partial charge in [0, 0.05) is 32.6 Å². The maximum absolute atomic E-state index is 10.3. The van der Waals surface area contributed by atoms with Gasteiger partial charge >= 0.3 is 0 Å². The molecule has 1 fully saturated rings. The molecule has 0 saturated carbocycles. The number of nitrogens with zero attached hydrogens (tertiary/aromatic N) is 1. The summed E-state index contributed by atoms with van der Waals surface area (Å²) in [6.07, 6.45) is 8.52. The van der Waals surface area contributed by atoms with Crippen molar-refractivity contribution in [2.45, 2.75) is 12.1 Å². The third kappa shape index (κ3) is 1.82. The molecule has 3 heteroatoms. The zero-order valence-corrected chi connectivity index (χ0v) is 7.74. The Morgan fingerprint density at radius 1 is 1.23 bits per heavy atom. The standard InChI is InChI=1S/C10H16N2O/c13-10(4-2-1-3-5-10)12-8-6-11-7-9-12/h1-4,11,13H,5-9H2. The Balaban J connectivity index is 2.04. The van der Waals surface area contributed by atoms with Crippen molar-refractivity contribution in [1.82, 2.24) is 10.2 Å². The lowest BCUT2D eigenvalue weighted by Crippen LogP contribution is -2.55. The van der Waals surface area contributed by atoms with Crippen molar-refractivity contribution < 1.29 is 5.11 Å². The van der Waals surface area contributed by atoms with Gasteiger partial charge in [-0.2, -0.15) is 0 Å². The van der Waals surface area contributed by atoms with E-state index in [-0.39, 0.29) is 0 Å². The van der Waals surface area contributed by atoms with E-state index >= 15 is 0 Å². The second kappa shape index (κ2) is 3.62. The minimum absolute atomic E-state index is 0.712. The molecule has 2 rings (SSSR count). The van der Waals surface area contributed by atoms with Gasteiger partial charge < -0.3 is 10.4 Å². The van der Waals surface area contributed by atoms with Crippen LogP contribution >= 0.6 is 0 Å². The van der Waals surface area contributed by atoms with E-state index in [4.69, 9.17) is 0 Å². The molecule has 1 heterocycles. The predicted octanol–water partition coefficient (Wildman–Crippen LogP) is 0.0963. The van der Waals surface area contributed by atoms with Gasteiger partial charge in [-0.05, 0) is 6.08 Å². The summed E-state index contributed by atoms with van der Waals surface area (Å²) in [5.41, 5.74) is -0.725. The molecule has 0 bridgehead atoms. The van der Waals surface area contributed by atoms with E-state index in [0.29, 0.717) is 6.42 Å². The van der Waals surface area contributed by atoms with Crippen molar-refractivity contribution in [2.24, 2.45) is 0 Å². The van der Waals surface area contributed by atoms with Gasteiger partial charge in [0.1, 0.15) is 5.72 Å². The van der Waals surface area contributed by atoms with E-state index in [1.807, 2.05) is 24.3 Å². The molecule has 2 N–H and O–H groups in total. The van der Waals surface area contributed by atoms with Gasteiger partial charge in [-0.15, -0.1) is 0 Å². The van der Waals surface area contributed by atoms with Crippen molar-refractivity contribution in [3.8, 4) is 0 Å². The highest BCUT2D eigenvalue weighted by Gasteiger charge is 2.31. The van der Waals surface area contributed by atoms with Crippen LogP contribution in [0.4, 0.5) is 0 Å². The Bertz CT molecular complexity index is 231. The smallest absolute Gasteiger partial charge is 0.141 e. The molecule has 0 aromatic carbocycles. The number of piperazine rings is 1. The van der Waals surface area contributed by atoms with Gasteiger partial charge in [0.15, 0.2) is 0 Å². The topological polar surface area (TPSA) is 35.5 Å². The van der Waals surface area contributed by atoms with Gasteiger partial charge in [0.2, 0.25) is 0 Å². The first-order valence-electron chi connectivity index (χ1n) is 4.84. The maximum atomic E-state index is 10.3. The average molecular weight is 180 g/mol. The lowest BCUT2D eigenvalue weighted by atomic mass is 10.0. The molecule has 0 aromatic heterocycles. The minimum Gasteiger partial charge on any atom is -0.372 e. The van der Waals surface area contributed by atoms with Crippen LogP contribution in [0.1, 0.15) is 6.42 Å². The van der Waals surface area contributed by atoms with Gasteiger partial charge in [-0.1, -0.05) is 18.2 Å². The van der Waals surface area contributed by atoms with Gasteiger partial charge in [-0.3, -0.25) is 4.90 Å². The summed E-state index contributed by atoms with van der Waals surface area (Å²) < 4.78 is 0. The minimum atomic E-state index is -0.725. The van der Waals surface area contributed by atoms with Crippen LogP contribution in [0.3, 0.4) is 0 Å². The van der Waals surface area contributed by atoms with Crippen molar-refractivity contribution in [1.29, 1.82) is 0 Å². The van der Waals surface area contributed by atoms with Crippen molar-refractivity contribution >= 4 is 0 Å². The molecule has 13 heavy (non-hydrogen) atoms. The number of aliphatic hydroxyl groups is 1. The number of rotatable bonds is 1. The Morgan fingerprint density at radius 3 is 2.62 bits per heavy atom. The molecule has 1 aliphatic heterocycles. The third-order valence-corrected chi connectivity index (χ3v) is 2.69. The van der Waals surface area contributed by atoms with E-state index < -0.39 is 5.72 Å². The summed E-state index contributed by atoms with van der Waals surface area (Å²) in [6.45, 7) is 3.79. The first kappa shape index (κ1) is 8.94. The fourth-order valence-corrected chi connectivity index (χ4v) is 1.88. The molecule has 3 nitrogen and oxygen atoms in total. The molecule has 1 atom stereocenters. The first-order valence-corrected chi connectivity index (χ1v) is 4.84. The SMILES string of the molecule is OC1(N2CCNCC2)C=CC=CC1. The van der Waals surface area contributed by atoms with Crippen LogP contribution in [-0.4, -0.2) is 41.9 Å². The van der Waals surface area contributed by atoms with Crippen LogP contribution in [0.2, 0.25) is 0 Å². The number of hydrogen-bond donors (Lipinski definition) is 2. The molecule has 0 spiro atoms. The highest BCUT2D eigenvalue weighted by molar-refractivity contribution is 5.17. The molecular formula is C10H16N2O. The molecule has 1 aliphatic carbocycles. The maximum Gasteiger partial charge on any atom is 0.141 e. The van der Waals surface area contributed by atoms with E-state index in [0.717, 1.165) is 26.2 Å². The van der Waals surface area contributed by atoms with Crippen LogP contribution in [0.15, 0.2) is 24.3 Å².